The Balaban J connectivity index is 0.915. The third-order valence-electron chi connectivity index (χ3n) is 12.3. The van der Waals surface area contributed by atoms with E-state index in [-0.39, 0.29) is 36.0 Å². The second-order valence-electron chi connectivity index (χ2n) is 15.5. The predicted octanol–water partition coefficient (Wildman–Crippen LogP) is 6.26. The van der Waals surface area contributed by atoms with Crippen LogP contribution in [0.25, 0.3) is 44.3 Å². The fourth-order valence-corrected chi connectivity index (χ4v) is 9.34. The molecule has 0 saturated carbocycles. The molecule has 6 atom stereocenters. The first-order chi connectivity index (χ1) is 26.6. The number of amides is 4. The van der Waals surface area contributed by atoms with Gasteiger partial charge in [-0.3, -0.25) is 9.59 Å². The molecule has 3 aromatic carbocycles. The van der Waals surface area contributed by atoms with Gasteiger partial charge in [0.2, 0.25) is 11.8 Å². The summed E-state index contributed by atoms with van der Waals surface area (Å²) in [5, 5.41) is 5.46. The van der Waals surface area contributed by atoms with Gasteiger partial charge in [0.25, 0.3) is 0 Å². The molecule has 0 aliphatic carbocycles. The molecule has 4 N–H and O–H groups in total. The van der Waals surface area contributed by atoms with Crippen molar-refractivity contribution < 1.29 is 28.7 Å². The average molecular weight is 745 g/mol. The largest absolute Gasteiger partial charge is 0.453 e. The SMILES string of the molecule is COC(=O)N[C@H]1CC[C@H]2CC[C@@H](c3nc4ccc(-c5ccc(-c6ccc7nc([C@@H]8CC[C@@H]9CC[C@](C)(NC(=O)OC)C(=O)N98)[nH]c7c6)cc5)cc4[nH]3)N2C1=O. The molecule has 14 heteroatoms. The molecule has 5 aromatic rings. The van der Waals surface area contributed by atoms with Crippen LogP contribution >= 0.6 is 0 Å². The van der Waals surface area contributed by atoms with E-state index in [1.807, 2.05) is 21.9 Å². The lowest BCUT2D eigenvalue weighted by atomic mass is 9.86. The number of alkyl carbamates (subject to hydrolysis) is 2. The highest BCUT2D eigenvalue weighted by molar-refractivity contribution is 5.91. The summed E-state index contributed by atoms with van der Waals surface area (Å²) >= 11 is 0. The Labute approximate surface area is 317 Å². The second-order valence-corrected chi connectivity index (χ2v) is 15.5. The molecule has 0 spiro atoms. The van der Waals surface area contributed by atoms with Gasteiger partial charge in [0, 0.05) is 12.1 Å². The number of piperidine rings is 2. The van der Waals surface area contributed by atoms with E-state index in [0.29, 0.717) is 12.8 Å². The highest BCUT2D eigenvalue weighted by atomic mass is 16.5. The molecular formula is C41H44N8O6. The first-order valence-electron chi connectivity index (χ1n) is 19.1. The van der Waals surface area contributed by atoms with Crippen LogP contribution in [0.3, 0.4) is 0 Å². The molecule has 4 saturated heterocycles. The molecule has 0 bridgehead atoms. The van der Waals surface area contributed by atoms with E-state index in [4.69, 9.17) is 19.4 Å². The number of imidazole rings is 2. The number of H-pyrrole nitrogens is 2. The van der Waals surface area contributed by atoms with E-state index in [1.54, 1.807) is 6.92 Å². The van der Waals surface area contributed by atoms with Gasteiger partial charge in [-0.05, 0) is 105 Å². The number of carbonyl (C=O) groups excluding carboxylic acids is 4. The number of hydrogen-bond donors (Lipinski definition) is 4. The number of carbonyl (C=O) groups is 4. The summed E-state index contributed by atoms with van der Waals surface area (Å²) in [4.78, 5) is 71.8. The van der Waals surface area contributed by atoms with Gasteiger partial charge in [-0.2, -0.15) is 0 Å². The fourth-order valence-electron chi connectivity index (χ4n) is 9.34. The zero-order chi connectivity index (χ0) is 38.0. The van der Waals surface area contributed by atoms with Crippen molar-refractivity contribution in [2.75, 3.05) is 14.2 Å². The van der Waals surface area contributed by atoms with Crippen molar-refractivity contribution in [2.24, 2.45) is 0 Å². The van der Waals surface area contributed by atoms with Crippen LogP contribution in [0, 0.1) is 0 Å². The highest BCUT2D eigenvalue weighted by Gasteiger charge is 2.51. The molecule has 6 heterocycles. The van der Waals surface area contributed by atoms with Crippen LogP contribution in [0.15, 0.2) is 60.7 Å². The summed E-state index contributed by atoms with van der Waals surface area (Å²) in [6.45, 7) is 1.77. The van der Waals surface area contributed by atoms with Gasteiger partial charge in [-0.1, -0.05) is 36.4 Å². The molecule has 4 aliphatic rings. The first kappa shape index (κ1) is 34.8. The Morgan fingerprint density at radius 2 is 1.20 bits per heavy atom. The van der Waals surface area contributed by atoms with Crippen molar-refractivity contribution >= 4 is 46.1 Å². The molecule has 55 heavy (non-hydrogen) atoms. The first-order valence-corrected chi connectivity index (χ1v) is 19.1. The number of fused-ring (bicyclic) bond motifs is 4. The van der Waals surface area contributed by atoms with Gasteiger partial charge < -0.3 is 39.9 Å². The molecule has 9 rings (SSSR count). The molecule has 0 unspecified atom stereocenters. The van der Waals surface area contributed by atoms with Crippen LogP contribution < -0.4 is 10.6 Å². The third kappa shape index (κ3) is 6.03. The number of nitrogens with zero attached hydrogens (tertiary/aromatic N) is 4. The Kier molecular flexibility index (Phi) is 8.50. The minimum atomic E-state index is -1.02. The van der Waals surface area contributed by atoms with Crippen molar-refractivity contribution in [2.45, 2.75) is 94.0 Å². The van der Waals surface area contributed by atoms with E-state index in [9.17, 15) is 19.2 Å². The zero-order valence-electron chi connectivity index (χ0n) is 31.1. The van der Waals surface area contributed by atoms with Crippen molar-refractivity contribution in [1.82, 2.24) is 40.4 Å². The lowest BCUT2D eigenvalue weighted by Crippen LogP contribution is -2.62. The molecule has 2 aromatic heterocycles. The summed E-state index contributed by atoms with van der Waals surface area (Å²) in [6.07, 6.45) is 5.02. The lowest BCUT2D eigenvalue weighted by Gasteiger charge is -2.43. The minimum absolute atomic E-state index is 0.0857. The van der Waals surface area contributed by atoms with E-state index < -0.39 is 23.8 Å². The second kappa shape index (κ2) is 13.4. The Bertz CT molecular complexity index is 2340. The zero-order valence-corrected chi connectivity index (χ0v) is 31.1. The van der Waals surface area contributed by atoms with Gasteiger partial charge in [-0.15, -0.1) is 0 Å². The summed E-state index contributed by atoms with van der Waals surface area (Å²) in [7, 11) is 2.60. The maximum Gasteiger partial charge on any atom is 0.407 e. The Morgan fingerprint density at radius 1 is 0.691 bits per heavy atom. The van der Waals surface area contributed by atoms with Crippen molar-refractivity contribution in [3.8, 4) is 22.3 Å². The summed E-state index contributed by atoms with van der Waals surface area (Å²) in [5.74, 6) is 1.33. The van der Waals surface area contributed by atoms with Crippen LogP contribution in [-0.4, -0.2) is 91.6 Å². The van der Waals surface area contributed by atoms with Gasteiger partial charge in [-0.25, -0.2) is 19.6 Å². The number of ether oxygens (including phenoxy) is 2. The van der Waals surface area contributed by atoms with E-state index in [0.717, 1.165) is 94.5 Å². The topological polar surface area (TPSA) is 175 Å². The van der Waals surface area contributed by atoms with Gasteiger partial charge in [0.1, 0.15) is 23.2 Å². The molecular weight excluding hydrogens is 701 g/mol. The standard InChI is InChI=1S/C41H44N8O6/c1-41(47-40(53)55-3)19-18-27-12-17-34(49(27)38(41)51)36-43-29-14-9-25(21-32(29)45-36)23-6-4-22(5-7-23)24-8-13-28-31(20-24)44-35(42-28)33-16-11-26-10-15-30(37(50)48(26)33)46-39(52)54-2/h4-9,13-14,20-21,26-27,30,33-34H,10-12,15-19H2,1-3H3,(H,42,44)(H,43,45)(H,46,52)(H,47,53)/t26-,27+,30-,33-,34-,41-/m0/s1. The van der Waals surface area contributed by atoms with Crippen molar-refractivity contribution in [1.29, 1.82) is 0 Å². The van der Waals surface area contributed by atoms with Gasteiger partial charge in [0.15, 0.2) is 0 Å². The maximum absolute atomic E-state index is 13.8. The van der Waals surface area contributed by atoms with Gasteiger partial charge in [0.05, 0.1) is 48.4 Å². The monoisotopic (exact) mass is 744 g/mol. The fraction of sp³-hybridized carbons (Fsp3) is 0.415. The molecule has 4 aliphatic heterocycles. The number of nitrogens with one attached hydrogen (secondary N) is 4. The molecule has 0 radical (unpaired) electrons. The third-order valence-corrected chi connectivity index (χ3v) is 12.3. The lowest BCUT2D eigenvalue weighted by molar-refractivity contribution is -0.145. The minimum Gasteiger partial charge on any atom is -0.453 e. The summed E-state index contributed by atoms with van der Waals surface area (Å²) < 4.78 is 9.54. The summed E-state index contributed by atoms with van der Waals surface area (Å²) in [6, 6.07) is 20.1. The van der Waals surface area contributed by atoms with Crippen molar-refractivity contribution in [3.63, 3.8) is 0 Å². The van der Waals surface area contributed by atoms with Crippen LogP contribution in [0.5, 0.6) is 0 Å². The van der Waals surface area contributed by atoms with Crippen LogP contribution in [0.2, 0.25) is 0 Å². The van der Waals surface area contributed by atoms with Crippen LogP contribution in [0.4, 0.5) is 9.59 Å². The average Bonchev–Trinajstić information content (AvgIpc) is 4.01. The molecule has 4 fully saturated rings. The highest BCUT2D eigenvalue weighted by Crippen LogP contribution is 2.44. The van der Waals surface area contributed by atoms with Crippen molar-refractivity contribution in [3.05, 3.63) is 72.3 Å². The Morgan fingerprint density at radius 3 is 1.76 bits per heavy atom. The van der Waals surface area contributed by atoms with E-state index >= 15 is 0 Å². The molecule has 4 amide bonds. The normalized spacial score (nSPS) is 26.3. The van der Waals surface area contributed by atoms with Crippen LogP contribution in [0.1, 0.15) is 82.0 Å². The predicted molar refractivity (Wildman–Crippen MR) is 204 cm³/mol. The van der Waals surface area contributed by atoms with E-state index in [2.05, 4.69) is 69.1 Å². The number of rotatable bonds is 6. The molecule has 284 valence electrons. The Hall–Kier alpha value is -5.92. The quantitative estimate of drug-likeness (QED) is 0.158. The number of hydrogen-bond acceptors (Lipinski definition) is 8. The van der Waals surface area contributed by atoms with Gasteiger partial charge >= 0.3 is 12.2 Å². The number of methoxy groups -OCH3 is 2. The number of aromatic nitrogens is 4. The number of aromatic amines is 2. The maximum atomic E-state index is 13.8. The van der Waals surface area contributed by atoms with Crippen LogP contribution in [-0.2, 0) is 19.1 Å². The smallest absolute Gasteiger partial charge is 0.407 e. The van der Waals surface area contributed by atoms with E-state index in [1.165, 1.54) is 14.2 Å². The number of benzene rings is 3. The molecule has 14 nitrogen and oxygen atoms in total. The summed E-state index contributed by atoms with van der Waals surface area (Å²) in [5.41, 5.74) is 6.66.